The first-order valence-electron chi connectivity index (χ1n) is 10.2. The molecule has 0 saturated carbocycles. The number of hydrogen-bond acceptors (Lipinski definition) is 7. The maximum Gasteiger partial charge on any atom is 0.569 e. The Hall–Kier alpha value is -1.59. The van der Waals surface area contributed by atoms with Crippen molar-refractivity contribution in [3.05, 3.63) is 34.2 Å². The van der Waals surface area contributed by atoms with E-state index in [2.05, 4.69) is 29.8 Å². The molecule has 0 unspecified atom stereocenters. The molecule has 9 nitrogen and oxygen atoms in total. The molecular formula is C17H24F10N2O7S2Si. The molecule has 0 spiro atoms. The Labute approximate surface area is 218 Å². The minimum atomic E-state index is -7.62. The van der Waals surface area contributed by atoms with E-state index in [1.165, 1.54) is 18.5 Å². The lowest BCUT2D eigenvalue weighted by molar-refractivity contribution is -0.692. The van der Waals surface area contributed by atoms with Crippen molar-refractivity contribution in [1.82, 2.24) is 0 Å². The standard InChI is InChI=1S/C13H24NO3Si.C4F10NO4S2/c1-5-6-9-13-10-7-8-11-14(13)12-18(15-2,16-3)17-4;5-1(6,7)3(11,12)20(16,17)15-21(18,19)4(13,14)2(8,9)10/h7-8,10-11H,5-6,9,12H2,1-4H3;/q+1;-1. The summed E-state index contributed by atoms with van der Waals surface area (Å²) in [6.07, 6.45) is -7.85. The number of pyridine rings is 1. The number of nitrogens with zero attached hydrogens (tertiary/aromatic N) is 2. The van der Waals surface area contributed by atoms with Gasteiger partial charge in [0.05, 0.1) is 0 Å². The molecule has 0 aliphatic heterocycles. The summed E-state index contributed by atoms with van der Waals surface area (Å²) in [6.45, 7) is 2.20. The van der Waals surface area contributed by atoms with Crippen LogP contribution in [0.25, 0.3) is 4.13 Å². The minimum absolute atomic E-state index is 0.422. The molecule has 1 rings (SSSR count). The Bertz CT molecular complexity index is 1080. The summed E-state index contributed by atoms with van der Waals surface area (Å²) < 4.78 is 180. The molecule has 22 heteroatoms. The van der Waals surface area contributed by atoms with Crippen molar-refractivity contribution < 1.29 is 78.6 Å². The third-order valence-corrected chi connectivity index (χ3v) is 10.5. The fraction of sp³-hybridized carbons (Fsp3) is 0.706. The predicted octanol–water partition coefficient (Wildman–Crippen LogP) is 4.06. The van der Waals surface area contributed by atoms with E-state index in [9.17, 15) is 60.7 Å². The molecule has 230 valence electrons. The average Bonchev–Trinajstić information content (AvgIpc) is 2.80. The monoisotopic (exact) mass is 650 g/mol. The lowest BCUT2D eigenvalue weighted by atomic mass is 10.2. The van der Waals surface area contributed by atoms with Gasteiger partial charge in [-0.2, -0.15) is 48.5 Å². The Kier molecular flexibility index (Phi) is 12.8. The maximum absolute atomic E-state index is 12.3. The van der Waals surface area contributed by atoms with Gasteiger partial charge in [0.15, 0.2) is 31.9 Å². The van der Waals surface area contributed by atoms with Gasteiger partial charge in [0, 0.05) is 39.9 Å². The van der Waals surface area contributed by atoms with E-state index in [4.69, 9.17) is 13.3 Å². The highest BCUT2D eigenvalue weighted by Crippen LogP contribution is 2.47. The topological polar surface area (TPSA) is 114 Å². The van der Waals surface area contributed by atoms with Crippen molar-refractivity contribution in [3.8, 4) is 0 Å². The molecule has 1 heterocycles. The number of aromatic nitrogens is 1. The minimum Gasteiger partial charge on any atom is -0.425 e. The molecule has 0 atom stereocenters. The van der Waals surface area contributed by atoms with Gasteiger partial charge < -0.3 is 17.4 Å². The molecule has 0 saturated heterocycles. The summed E-state index contributed by atoms with van der Waals surface area (Å²) in [6, 6.07) is 6.24. The van der Waals surface area contributed by atoms with Gasteiger partial charge in [0.2, 0.25) is 6.17 Å². The molecule has 0 N–H and O–H groups in total. The fourth-order valence-electron chi connectivity index (χ4n) is 2.42. The summed E-state index contributed by atoms with van der Waals surface area (Å²) in [4.78, 5) is 0. The van der Waals surface area contributed by atoms with Crippen molar-refractivity contribution in [2.75, 3.05) is 21.3 Å². The zero-order valence-electron chi connectivity index (χ0n) is 20.5. The Balaban J connectivity index is 0.000000748. The van der Waals surface area contributed by atoms with Gasteiger partial charge in [-0.25, -0.2) is 16.8 Å². The lowest BCUT2D eigenvalue weighted by Crippen LogP contribution is -2.57. The van der Waals surface area contributed by atoms with Crippen molar-refractivity contribution in [2.24, 2.45) is 0 Å². The summed E-state index contributed by atoms with van der Waals surface area (Å²) in [5.41, 5.74) is 1.29. The Morgan fingerprint density at radius 3 is 1.54 bits per heavy atom. The quantitative estimate of drug-likeness (QED) is 0.191. The summed E-state index contributed by atoms with van der Waals surface area (Å²) in [5.74, 6) is 0. The molecule has 0 amide bonds. The molecule has 0 fully saturated rings. The van der Waals surface area contributed by atoms with Crippen molar-refractivity contribution in [1.29, 1.82) is 0 Å². The van der Waals surface area contributed by atoms with Gasteiger partial charge >= 0.3 is 31.7 Å². The maximum atomic E-state index is 12.3. The van der Waals surface area contributed by atoms with Crippen LogP contribution in [0.2, 0.25) is 0 Å². The summed E-state index contributed by atoms with van der Waals surface area (Å²) in [5, 5.41) is -14.0. The summed E-state index contributed by atoms with van der Waals surface area (Å²) >= 11 is 0. The van der Waals surface area contributed by atoms with Crippen LogP contribution in [0.1, 0.15) is 25.5 Å². The molecule has 0 radical (unpaired) electrons. The number of rotatable bonds is 12. The van der Waals surface area contributed by atoms with Crippen molar-refractivity contribution in [3.63, 3.8) is 0 Å². The molecule has 1 aromatic rings. The average molecular weight is 651 g/mol. The number of sulfonamides is 2. The second-order valence-corrected chi connectivity index (χ2v) is 13.7. The molecule has 0 bridgehead atoms. The number of hydrogen-bond donors (Lipinski definition) is 0. The molecule has 0 aliphatic rings. The van der Waals surface area contributed by atoms with Crippen LogP contribution >= 0.6 is 0 Å². The molecule has 39 heavy (non-hydrogen) atoms. The zero-order chi connectivity index (χ0) is 31.1. The SMILES string of the molecule is CCCCc1cccc[n+]1C[Si](OC)(OC)OC.O=S(=O)([N-]S(=O)(=O)C(F)(F)C(F)(F)F)C(F)(F)C(F)(F)F. The van der Waals surface area contributed by atoms with E-state index in [-0.39, 0.29) is 0 Å². The zero-order valence-corrected chi connectivity index (χ0v) is 23.1. The Morgan fingerprint density at radius 2 is 1.21 bits per heavy atom. The smallest absolute Gasteiger partial charge is 0.425 e. The largest absolute Gasteiger partial charge is 0.569 e. The summed E-state index contributed by atoms with van der Waals surface area (Å²) in [7, 11) is -12.9. The molecular weight excluding hydrogens is 626 g/mol. The molecule has 0 aliphatic carbocycles. The highest BCUT2D eigenvalue weighted by molar-refractivity contribution is 8.13. The normalized spacial score (nSPS) is 14.1. The van der Waals surface area contributed by atoms with Gasteiger partial charge in [0.1, 0.15) is 0 Å². The first-order valence-corrected chi connectivity index (χ1v) is 15.0. The van der Waals surface area contributed by atoms with Crippen LogP contribution in [-0.2, 0) is 45.9 Å². The van der Waals surface area contributed by atoms with Crippen molar-refractivity contribution >= 4 is 28.9 Å². The van der Waals surface area contributed by atoms with Crippen molar-refractivity contribution in [2.45, 2.75) is 55.2 Å². The first-order chi connectivity index (χ1) is 17.4. The highest BCUT2D eigenvalue weighted by Gasteiger charge is 2.68. The van der Waals surface area contributed by atoms with Gasteiger partial charge in [-0.05, 0) is 6.42 Å². The number of alkyl halides is 10. The second-order valence-electron chi connectivity index (χ2n) is 7.27. The van der Waals surface area contributed by atoms with Crippen LogP contribution in [0.4, 0.5) is 43.9 Å². The van der Waals surface area contributed by atoms with Crippen LogP contribution in [0.5, 0.6) is 0 Å². The first kappa shape index (κ1) is 37.4. The van der Waals surface area contributed by atoms with E-state index in [0.717, 1.165) is 6.42 Å². The van der Waals surface area contributed by atoms with E-state index < -0.39 is 51.7 Å². The van der Waals surface area contributed by atoms with Crippen LogP contribution in [0, 0.1) is 0 Å². The number of halogens is 10. The van der Waals surface area contributed by atoms with Gasteiger partial charge in [-0.15, -0.1) is 0 Å². The molecule has 1 aromatic heterocycles. The highest BCUT2D eigenvalue weighted by atomic mass is 32.3. The van der Waals surface area contributed by atoms with Gasteiger partial charge in [0.25, 0.3) is 0 Å². The third-order valence-electron chi connectivity index (χ3n) is 4.62. The third kappa shape index (κ3) is 8.95. The van der Waals surface area contributed by atoms with E-state index in [1.807, 2.05) is 6.07 Å². The second kappa shape index (κ2) is 13.4. The van der Waals surface area contributed by atoms with Gasteiger partial charge in [-0.3, -0.25) is 0 Å². The Morgan fingerprint density at radius 1 is 0.795 bits per heavy atom. The lowest BCUT2D eigenvalue weighted by Gasteiger charge is -2.31. The van der Waals surface area contributed by atoms with Crippen LogP contribution in [0.15, 0.2) is 24.4 Å². The van der Waals surface area contributed by atoms with Crippen LogP contribution < -0.4 is 4.57 Å². The van der Waals surface area contributed by atoms with Crippen LogP contribution in [-0.4, -0.2) is 69.8 Å². The van der Waals surface area contributed by atoms with E-state index >= 15 is 0 Å². The van der Waals surface area contributed by atoms with E-state index in [1.54, 1.807) is 21.3 Å². The number of unbranched alkanes of at least 4 members (excludes halogenated alkanes) is 1. The molecule has 0 aromatic carbocycles. The van der Waals surface area contributed by atoms with Gasteiger partial charge in [-0.1, -0.05) is 19.4 Å². The number of aryl methyl sites for hydroxylation is 1. The fourth-order valence-corrected chi connectivity index (χ4v) is 6.40. The van der Waals surface area contributed by atoms with E-state index in [0.29, 0.717) is 10.3 Å². The van der Waals surface area contributed by atoms with Crippen LogP contribution in [0.3, 0.4) is 0 Å². The predicted molar refractivity (Wildman–Crippen MR) is 115 cm³/mol.